The van der Waals surface area contributed by atoms with Gasteiger partial charge in [0.2, 0.25) is 0 Å². The Morgan fingerprint density at radius 2 is 1.86 bits per heavy atom. The Hall–Kier alpha value is -3.50. The highest BCUT2D eigenvalue weighted by Crippen LogP contribution is 2.32. The van der Waals surface area contributed by atoms with Crippen molar-refractivity contribution in [3.05, 3.63) is 101 Å². The monoisotopic (exact) mass is 509 g/mol. The topological polar surface area (TPSA) is 104 Å². The van der Waals surface area contributed by atoms with Gasteiger partial charge in [-0.05, 0) is 68.5 Å². The zero-order valence-corrected chi connectivity index (χ0v) is 21.2. The van der Waals surface area contributed by atoms with Gasteiger partial charge in [0.05, 0.1) is 32.9 Å². The highest BCUT2D eigenvalue weighted by Gasteiger charge is 2.33. The first kappa shape index (κ1) is 24.6. The largest absolute Gasteiger partial charge is 0.459 e. The minimum Gasteiger partial charge on any atom is -0.459 e. The number of benzene rings is 2. The maximum atomic E-state index is 13.6. The predicted molar refractivity (Wildman–Crippen MR) is 136 cm³/mol. The zero-order chi connectivity index (χ0) is 25.3. The molecule has 0 unspecified atom stereocenters. The number of carbonyl (C=O) groups is 1. The van der Waals surface area contributed by atoms with Crippen molar-refractivity contribution in [2.24, 2.45) is 4.99 Å². The van der Waals surface area contributed by atoms with Crippen LogP contribution in [0.2, 0.25) is 0 Å². The number of esters is 1. The van der Waals surface area contributed by atoms with Crippen molar-refractivity contribution in [3.63, 3.8) is 0 Å². The summed E-state index contributed by atoms with van der Waals surface area (Å²) >= 11 is 2.81. The molecule has 8 nitrogen and oxygen atoms in total. The van der Waals surface area contributed by atoms with E-state index < -0.39 is 16.9 Å². The van der Waals surface area contributed by atoms with E-state index in [4.69, 9.17) is 4.74 Å². The highest BCUT2D eigenvalue weighted by molar-refractivity contribution is 7.98. The zero-order valence-electron chi connectivity index (χ0n) is 19.6. The average Bonchev–Trinajstić information content (AvgIpc) is 3.12. The van der Waals surface area contributed by atoms with Gasteiger partial charge in [-0.25, -0.2) is 9.79 Å². The number of fused-ring (bicyclic) bond motifs is 1. The van der Waals surface area contributed by atoms with Gasteiger partial charge in [-0.3, -0.25) is 19.5 Å². The Bertz CT molecular complexity index is 1500. The van der Waals surface area contributed by atoms with Gasteiger partial charge >= 0.3 is 5.97 Å². The number of rotatable bonds is 6. The van der Waals surface area contributed by atoms with Crippen LogP contribution in [0.3, 0.4) is 0 Å². The summed E-state index contributed by atoms with van der Waals surface area (Å²) in [5, 5.41) is 10.9. The molecule has 4 rings (SSSR count). The van der Waals surface area contributed by atoms with Crippen molar-refractivity contribution in [2.45, 2.75) is 37.8 Å². The lowest BCUT2D eigenvalue weighted by molar-refractivity contribution is -0.384. The molecule has 10 heteroatoms. The first-order chi connectivity index (χ1) is 16.7. The lowest BCUT2D eigenvalue weighted by Crippen LogP contribution is -2.40. The summed E-state index contributed by atoms with van der Waals surface area (Å²) in [6.07, 6.45) is 3.33. The molecule has 180 valence electrons. The van der Waals surface area contributed by atoms with E-state index in [9.17, 15) is 19.7 Å². The molecule has 0 saturated carbocycles. The summed E-state index contributed by atoms with van der Waals surface area (Å²) in [6, 6.07) is 13.0. The molecule has 0 amide bonds. The molecule has 0 fully saturated rings. The van der Waals surface area contributed by atoms with E-state index in [1.165, 1.54) is 28.0 Å². The van der Waals surface area contributed by atoms with Gasteiger partial charge in [0.1, 0.15) is 0 Å². The molecule has 0 aliphatic carbocycles. The molecular weight excluding hydrogens is 486 g/mol. The standard InChI is InChI=1S/C25H23N3O5S2/c1-14(2)33-24(30)21-15(3)26-25-27(22(21)17-7-11-19(34-4)12-8-17)23(29)20(35-25)13-16-5-9-18(10-6-16)28(31)32/h5-14,22H,1-4H3/b20-13-/t22-/m1/s1. The lowest BCUT2D eigenvalue weighted by atomic mass is 9.96. The number of aromatic nitrogens is 1. The minimum atomic E-state index is -0.688. The number of hydrogen-bond donors (Lipinski definition) is 0. The van der Waals surface area contributed by atoms with Crippen LogP contribution in [-0.4, -0.2) is 27.8 Å². The quantitative estimate of drug-likeness (QED) is 0.217. The number of ether oxygens (including phenoxy) is 1. The van der Waals surface area contributed by atoms with Crippen molar-refractivity contribution in [1.82, 2.24) is 4.57 Å². The Kier molecular flexibility index (Phi) is 7.04. The Balaban J connectivity index is 1.89. The van der Waals surface area contributed by atoms with Crippen LogP contribution >= 0.6 is 23.1 Å². The van der Waals surface area contributed by atoms with E-state index in [2.05, 4.69) is 4.99 Å². The normalized spacial score (nSPS) is 15.7. The first-order valence-electron chi connectivity index (χ1n) is 10.8. The molecule has 35 heavy (non-hydrogen) atoms. The second kappa shape index (κ2) is 10.0. The molecule has 2 aromatic carbocycles. The third-order valence-corrected chi connectivity index (χ3v) is 7.14. The average molecular weight is 510 g/mol. The summed E-state index contributed by atoms with van der Waals surface area (Å²) in [5.74, 6) is -0.509. The number of allylic oxidation sites excluding steroid dienone is 1. The van der Waals surface area contributed by atoms with Crippen LogP contribution in [0.4, 0.5) is 5.69 Å². The van der Waals surface area contributed by atoms with Gasteiger partial charge in [0.15, 0.2) is 4.80 Å². The fourth-order valence-electron chi connectivity index (χ4n) is 3.81. The van der Waals surface area contributed by atoms with Crippen LogP contribution < -0.4 is 14.9 Å². The van der Waals surface area contributed by atoms with Crippen LogP contribution in [0.1, 0.15) is 37.9 Å². The van der Waals surface area contributed by atoms with Gasteiger partial charge in [0, 0.05) is 17.0 Å². The summed E-state index contributed by atoms with van der Waals surface area (Å²) in [5.41, 5.74) is 1.92. The molecule has 1 aliphatic rings. The van der Waals surface area contributed by atoms with E-state index in [1.54, 1.807) is 50.7 Å². The third-order valence-electron chi connectivity index (χ3n) is 5.42. The van der Waals surface area contributed by atoms with Crippen molar-refractivity contribution in [2.75, 3.05) is 6.26 Å². The van der Waals surface area contributed by atoms with E-state index in [-0.39, 0.29) is 17.4 Å². The SMILES string of the molecule is CSc1ccc([C@@H]2C(C(=O)OC(C)C)=C(C)N=c3s/c(=C\c4ccc([N+](=O)[O-])cc4)c(=O)n32)cc1. The molecule has 0 N–H and O–H groups in total. The van der Waals surface area contributed by atoms with E-state index in [0.717, 1.165) is 10.5 Å². The molecule has 0 radical (unpaired) electrons. The van der Waals surface area contributed by atoms with E-state index >= 15 is 0 Å². The number of non-ortho nitro benzene ring substituents is 1. The number of thioether (sulfide) groups is 1. The second-order valence-corrected chi connectivity index (χ2v) is 10.0. The Labute approximate surface area is 209 Å². The Morgan fingerprint density at radius 1 is 1.20 bits per heavy atom. The van der Waals surface area contributed by atoms with E-state index in [0.29, 0.717) is 26.2 Å². The number of nitro benzene ring substituents is 1. The fraction of sp³-hybridized carbons (Fsp3) is 0.240. The molecule has 3 aromatic rings. The van der Waals surface area contributed by atoms with Crippen molar-refractivity contribution in [3.8, 4) is 0 Å². The fourth-order valence-corrected chi connectivity index (χ4v) is 5.26. The summed E-state index contributed by atoms with van der Waals surface area (Å²) < 4.78 is 7.45. The van der Waals surface area contributed by atoms with Gasteiger partial charge < -0.3 is 4.74 Å². The van der Waals surface area contributed by atoms with Gasteiger partial charge in [-0.2, -0.15) is 0 Å². The number of nitrogens with zero attached hydrogens (tertiary/aromatic N) is 3. The maximum Gasteiger partial charge on any atom is 0.338 e. The van der Waals surface area contributed by atoms with Gasteiger partial charge in [-0.15, -0.1) is 11.8 Å². The van der Waals surface area contributed by atoms with Crippen LogP contribution in [-0.2, 0) is 9.53 Å². The molecule has 1 atom stereocenters. The molecule has 1 aromatic heterocycles. The summed E-state index contributed by atoms with van der Waals surface area (Å²) in [4.78, 5) is 43.3. The molecule has 1 aliphatic heterocycles. The minimum absolute atomic E-state index is 0.0266. The van der Waals surface area contributed by atoms with Crippen LogP contribution in [0.15, 0.2) is 74.5 Å². The molecule has 0 spiro atoms. The van der Waals surface area contributed by atoms with Crippen LogP contribution in [0.5, 0.6) is 0 Å². The molecular formula is C25H23N3O5S2. The van der Waals surface area contributed by atoms with Crippen LogP contribution in [0, 0.1) is 10.1 Å². The van der Waals surface area contributed by atoms with Gasteiger partial charge in [0.25, 0.3) is 11.2 Å². The smallest absolute Gasteiger partial charge is 0.338 e. The number of thiazole rings is 1. The van der Waals surface area contributed by atoms with Crippen molar-refractivity contribution in [1.29, 1.82) is 0 Å². The highest BCUT2D eigenvalue weighted by atomic mass is 32.2. The predicted octanol–water partition coefficient (Wildman–Crippen LogP) is 3.82. The second-order valence-electron chi connectivity index (χ2n) is 8.16. The number of carbonyl (C=O) groups excluding carboxylic acids is 1. The van der Waals surface area contributed by atoms with Crippen molar-refractivity contribution >= 4 is 40.8 Å². The third kappa shape index (κ3) is 4.98. The first-order valence-corrected chi connectivity index (χ1v) is 12.9. The molecule has 0 bridgehead atoms. The Morgan fingerprint density at radius 3 is 2.43 bits per heavy atom. The summed E-state index contributed by atoms with van der Waals surface area (Å²) in [6.45, 7) is 5.29. The van der Waals surface area contributed by atoms with Crippen molar-refractivity contribution < 1.29 is 14.5 Å². The summed E-state index contributed by atoms with van der Waals surface area (Å²) in [7, 11) is 0. The number of nitro groups is 1. The molecule has 0 saturated heterocycles. The number of hydrogen-bond acceptors (Lipinski definition) is 8. The maximum absolute atomic E-state index is 13.6. The van der Waals surface area contributed by atoms with Gasteiger partial charge in [-0.1, -0.05) is 23.5 Å². The van der Waals surface area contributed by atoms with Crippen LogP contribution in [0.25, 0.3) is 6.08 Å². The van der Waals surface area contributed by atoms with E-state index in [1.807, 2.05) is 30.5 Å². The lowest BCUT2D eigenvalue weighted by Gasteiger charge is -2.25. The molecule has 2 heterocycles.